The first kappa shape index (κ1) is 19.7. The Bertz CT molecular complexity index is 473. The van der Waals surface area contributed by atoms with Crippen LogP contribution in [0.25, 0.3) is 0 Å². The number of nitrogens with one attached hydrogen (secondary N) is 2. The lowest BCUT2D eigenvalue weighted by molar-refractivity contribution is -0.122. The SMILES string of the molecule is Cc1csc(C(NC(=O)CCC2CCNC2)C2CC2)n1.Cl.Cl. The smallest absolute Gasteiger partial charge is 0.220 e. The molecule has 1 aromatic heterocycles. The Labute approximate surface area is 148 Å². The second-order valence-electron chi connectivity index (χ2n) is 6.11. The van der Waals surface area contributed by atoms with E-state index in [2.05, 4.69) is 21.0 Å². The number of nitrogens with zero attached hydrogens (tertiary/aromatic N) is 1. The van der Waals surface area contributed by atoms with Gasteiger partial charge in [-0.1, -0.05) is 0 Å². The molecular weight excluding hydrogens is 341 g/mol. The van der Waals surface area contributed by atoms with Gasteiger partial charge in [-0.15, -0.1) is 36.2 Å². The standard InChI is InChI=1S/C15H23N3OS.2ClH/c1-10-9-20-15(17-10)14(12-3-4-12)18-13(19)5-2-11-6-7-16-8-11;;/h9,11-12,14,16H,2-8H2,1H3,(H,18,19);2*1H. The number of carbonyl (C=O) groups is 1. The Morgan fingerprint density at radius 2 is 2.23 bits per heavy atom. The number of aromatic nitrogens is 1. The molecule has 2 N–H and O–H groups in total. The van der Waals surface area contributed by atoms with Gasteiger partial charge in [0.1, 0.15) is 5.01 Å². The molecule has 0 radical (unpaired) electrons. The van der Waals surface area contributed by atoms with Crippen LogP contribution in [-0.4, -0.2) is 24.0 Å². The third kappa shape index (κ3) is 5.37. The van der Waals surface area contributed by atoms with E-state index < -0.39 is 0 Å². The van der Waals surface area contributed by atoms with Crippen molar-refractivity contribution in [3.8, 4) is 0 Å². The number of aryl methyl sites for hydroxylation is 1. The molecule has 2 atom stereocenters. The third-order valence-electron chi connectivity index (χ3n) is 4.25. The van der Waals surface area contributed by atoms with Gasteiger partial charge in [0, 0.05) is 17.5 Å². The van der Waals surface area contributed by atoms with Gasteiger partial charge in [-0.2, -0.15) is 0 Å². The minimum atomic E-state index is 0. The van der Waals surface area contributed by atoms with Crippen molar-refractivity contribution in [2.75, 3.05) is 13.1 Å². The van der Waals surface area contributed by atoms with Crippen LogP contribution in [0.15, 0.2) is 5.38 Å². The molecule has 0 spiro atoms. The monoisotopic (exact) mass is 365 g/mol. The molecule has 1 aliphatic carbocycles. The fourth-order valence-electron chi connectivity index (χ4n) is 2.87. The number of rotatable bonds is 6. The average Bonchev–Trinajstić information content (AvgIpc) is 2.96. The fourth-order valence-corrected chi connectivity index (χ4v) is 3.81. The van der Waals surface area contributed by atoms with Crippen LogP contribution in [0.4, 0.5) is 0 Å². The first-order valence-electron chi connectivity index (χ1n) is 7.64. The molecule has 2 heterocycles. The van der Waals surface area contributed by atoms with E-state index in [0.717, 1.165) is 30.2 Å². The lowest BCUT2D eigenvalue weighted by atomic mass is 10.0. The van der Waals surface area contributed by atoms with E-state index in [9.17, 15) is 4.79 Å². The molecule has 4 nitrogen and oxygen atoms in total. The van der Waals surface area contributed by atoms with Crippen LogP contribution in [0.3, 0.4) is 0 Å². The Balaban J connectivity index is 0.00000121. The van der Waals surface area contributed by atoms with Crippen LogP contribution in [0.5, 0.6) is 0 Å². The molecule has 22 heavy (non-hydrogen) atoms. The molecule has 126 valence electrons. The van der Waals surface area contributed by atoms with Gasteiger partial charge < -0.3 is 10.6 Å². The van der Waals surface area contributed by atoms with E-state index in [4.69, 9.17) is 0 Å². The summed E-state index contributed by atoms with van der Waals surface area (Å²) in [6.07, 6.45) is 5.31. The average molecular weight is 366 g/mol. The van der Waals surface area contributed by atoms with Gasteiger partial charge >= 0.3 is 0 Å². The molecule has 2 unspecified atom stereocenters. The molecule has 1 aliphatic heterocycles. The summed E-state index contributed by atoms with van der Waals surface area (Å²) in [6.45, 7) is 4.19. The van der Waals surface area contributed by atoms with E-state index in [1.54, 1.807) is 11.3 Å². The largest absolute Gasteiger partial charge is 0.347 e. The van der Waals surface area contributed by atoms with E-state index >= 15 is 0 Å². The quantitative estimate of drug-likeness (QED) is 0.813. The zero-order chi connectivity index (χ0) is 13.9. The van der Waals surface area contributed by atoms with Gasteiger partial charge in [0.2, 0.25) is 5.91 Å². The maximum atomic E-state index is 12.2. The molecule has 0 bridgehead atoms. The number of halogens is 2. The van der Waals surface area contributed by atoms with Crippen LogP contribution >= 0.6 is 36.2 Å². The van der Waals surface area contributed by atoms with Crippen LogP contribution in [0.1, 0.15) is 48.8 Å². The minimum Gasteiger partial charge on any atom is -0.347 e. The highest BCUT2D eigenvalue weighted by Crippen LogP contribution is 2.41. The Morgan fingerprint density at radius 3 is 2.77 bits per heavy atom. The Kier molecular flexibility index (Phi) is 8.11. The lowest BCUT2D eigenvalue weighted by Crippen LogP contribution is -2.30. The second kappa shape index (κ2) is 9.06. The molecule has 1 saturated heterocycles. The Morgan fingerprint density at radius 1 is 1.45 bits per heavy atom. The van der Waals surface area contributed by atoms with Crippen molar-refractivity contribution in [3.05, 3.63) is 16.1 Å². The predicted molar refractivity (Wildman–Crippen MR) is 95.2 cm³/mol. The van der Waals surface area contributed by atoms with Gasteiger partial charge in [0.05, 0.1) is 6.04 Å². The number of hydrogen-bond donors (Lipinski definition) is 2. The van der Waals surface area contributed by atoms with Crippen molar-refractivity contribution < 1.29 is 4.79 Å². The zero-order valence-corrected chi connectivity index (χ0v) is 15.3. The van der Waals surface area contributed by atoms with Crippen molar-refractivity contribution >= 4 is 42.1 Å². The molecule has 1 aromatic rings. The molecular formula is C15H25Cl2N3OS. The predicted octanol–water partition coefficient (Wildman–Crippen LogP) is 3.25. The van der Waals surface area contributed by atoms with Crippen LogP contribution in [0.2, 0.25) is 0 Å². The number of carbonyl (C=O) groups excluding carboxylic acids is 1. The van der Waals surface area contributed by atoms with Gasteiger partial charge in [0.25, 0.3) is 0 Å². The number of amides is 1. The van der Waals surface area contributed by atoms with Crippen molar-refractivity contribution in [2.45, 2.75) is 45.1 Å². The molecule has 1 saturated carbocycles. The Hall–Kier alpha value is -0.360. The van der Waals surface area contributed by atoms with Crippen LogP contribution in [-0.2, 0) is 4.79 Å². The summed E-state index contributed by atoms with van der Waals surface area (Å²) < 4.78 is 0. The topological polar surface area (TPSA) is 54.0 Å². The highest BCUT2D eigenvalue weighted by molar-refractivity contribution is 7.09. The molecule has 0 aromatic carbocycles. The molecule has 2 fully saturated rings. The van der Waals surface area contributed by atoms with Gasteiger partial charge in [-0.25, -0.2) is 4.98 Å². The zero-order valence-electron chi connectivity index (χ0n) is 12.8. The van der Waals surface area contributed by atoms with Gasteiger partial charge in [-0.3, -0.25) is 4.79 Å². The van der Waals surface area contributed by atoms with Crippen molar-refractivity contribution in [1.29, 1.82) is 0 Å². The molecule has 2 aliphatic rings. The summed E-state index contributed by atoms with van der Waals surface area (Å²) >= 11 is 1.68. The van der Waals surface area contributed by atoms with Gasteiger partial charge in [-0.05, 0) is 57.5 Å². The van der Waals surface area contributed by atoms with E-state index in [-0.39, 0.29) is 36.8 Å². The van der Waals surface area contributed by atoms with E-state index in [1.807, 2.05) is 6.92 Å². The number of hydrogen-bond acceptors (Lipinski definition) is 4. The second-order valence-corrected chi connectivity index (χ2v) is 7.00. The summed E-state index contributed by atoms with van der Waals surface area (Å²) in [4.78, 5) is 16.7. The van der Waals surface area contributed by atoms with Gasteiger partial charge in [0.15, 0.2) is 0 Å². The fraction of sp³-hybridized carbons (Fsp3) is 0.733. The first-order chi connectivity index (χ1) is 9.72. The molecule has 1 amide bonds. The van der Waals surface area contributed by atoms with Crippen LogP contribution in [0, 0.1) is 18.8 Å². The summed E-state index contributed by atoms with van der Waals surface area (Å²) in [7, 11) is 0. The highest BCUT2D eigenvalue weighted by atomic mass is 35.5. The van der Waals surface area contributed by atoms with Crippen molar-refractivity contribution in [3.63, 3.8) is 0 Å². The minimum absolute atomic E-state index is 0. The van der Waals surface area contributed by atoms with Crippen molar-refractivity contribution in [2.24, 2.45) is 11.8 Å². The maximum absolute atomic E-state index is 12.2. The van der Waals surface area contributed by atoms with Crippen LogP contribution < -0.4 is 10.6 Å². The van der Waals surface area contributed by atoms with E-state index in [0.29, 0.717) is 18.3 Å². The summed E-state index contributed by atoms with van der Waals surface area (Å²) in [5.74, 6) is 1.49. The van der Waals surface area contributed by atoms with E-state index in [1.165, 1.54) is 19.3 Å². The lowest BCUT2D eigenvalue weighted by Gasteiger charge is -2.16. The summed E-state index contributed by atoms with van der Waals surface area (Å²) in [5, 5.41) is 9.73. The molecule has 3 rings (SSSR count). The first-order valence-corrected chi connectivity index (χ1v) is 8.52. The summed E-state index contributed by atoms with van der Waals surface area (Å²) in [5.41, 5.74) is 1.06. The normalized spacial score (nSPS) is 21.6. The maximum Gasteiger partial charge on any atom is 0.220 e. The number of thiazole rings is 1. The molecule has 7 heteroatoms. The third-order valence-corrected chi connectivity index (χ3v) is 5.30. The summed E-state index contributed by atoms with van der Waals surface area (Å²) in [6, 6.07) is 0.155. The highest BCUT2D eigenvalue weighted by Gasteiger charge is 2.35. The van der Waals surface area contributed by atoms with Crippen molar-refractivity contribution in [1.82, 2.24) is 15.6 Å².